The molecule has 2 fully saturated rings. The number of carbonyl (C=O) groups is 3. The van der Waals surface area contributed by atoms with Crippen molar-refractivity contribution in [3.05, 3.63) is 11.6 Å². The standard InChI is InChI=1S/C20H34N4O4Si/c1-13-11-15-12-23(19(27)24(15)28-29(5,6)20(2,3)4)17(13)18(26)21-10-9-14-7-8-16(25)22-14/h11,14-15,17H,7-10,12H2,1-6H3,(H,21,26)(H,22,25)/t14?,15-,17+/m1/s1. The van der Waals surface area contributed by atoms with Gasteiger partial charge in [0.15, 0.2) is 0 Å². The van der Waals surface area contributed by atoms with Crippen molar-refractivity contribution in [3.63, 3.8) is 0 Å². The molecule has 1 unspecified atom stereocenters. The summed E-state index contributed by atoms with van der Waals surface area (Å²) in [6, 6.07) is -0.882. The molecule has 3 aliphatic heterocycles. The van der Waals surface area contributed by atoms with Crippen molar-refractivity contribution in [1.29, 1.82) is 0 Å². The summed E-state index contributed by atoms with van der Waals surface area (Å²) < 4.78 is 6.29. The summed E-state index contributed by atoms with van der Waals surface area (Å²) in [5.74, 6) is -0.105. The molecule has 0 saturated carbocycles. The van der Waals surface area contributed by atoms with Crippen LogP contribution in [0.15, 0.2) is 11.6 Å². The van der Waals surface area contributed by atoms with E-state index in [2.05, 4.69) is 44.5 Å². The first-order valence-electron chi connectivity index (χ1n) is 10.4. The summed E-state index contributed by atoms with van der Waals surface area (Å²) in [5.41, 5.74) is 0.864. The third kappa shape index (κ3) is 4.35. The topological polar surface area (TPSA) is 91.0 Å². The van der Waals surface area contributed by atoms with Gasteiger partial charge in [0.05, 0.1) is 12.6 Å². The Morgan fingerprint density at radius 1 is 1.34 bits per heavy atom. The van der Waals surface area contributed by atoms with Gasteiger partial charge in [-0.1, -0.05) is 26.8 Å². The van der Waals surface area contributed by atoms with Gasteiger partial charge in [0.1, 0.15) is 6.04 Å². The quantitative estimate of drug-likeness (QED) is 0.507. The van der Waals surface area contributed by atoms with Gasteiger partial charge in [-0.2, -0.15) is 0 Å². The highest BCUT2D eigenvalue weighted by molar-refractivity contribution is 6.74. The predicted molar refractivity (Wildman–Crippen MR) is 112 cm³/mol. The Morgan fingerprint density at radius 3 is 2.62 bits per heavy atom. The van der Waals surface area contributed by atoms with E-state index in [0.717, 1.165) is 12.0 Å². The smallest absolute Gasteiger partial charge is 0.344 e. The molecule has 8 nitrogen and oxygen atoms in total. The van der Waals surface area contributed by atoms with E-state index in [1.165, 1.54) is 5.06 Å². The number of nitrogens with one attached hydrogen (secondary N) is 2. The van der Waals surface area contributed by atoms with Crippen LogP contribution in [0.25, 0.3) is 0 Å². The number of hydrogen-bond acceptors (Lipinski definition) is 4. The van der Waals surface area contributed by atoms with E-state index in [9.17, 15) is 14.4 Å². The van der Waals surface area contributed by atoms with Gasteiger partial charge in [-0.05, 0) is 43.5 Å². The lowest BCUT2D eigenvalue weighted by molar-refractivity contribution is -0.124. The molecule has 29 heavy (non-hydrogen) atoms. The van der Waals surface area contributed by atoms with Gasteiger partial charge >= 0.3 is 6.03 Å². The highest BCUT2D eigenvalue weighted by Crippen LogP contribution is 2.39. The SMILES string of the molecule is CC1=C[C@@H]2CN(C(=O)N2O[Si](C)(C)C(C)(C)C)[C@@H]1C(=O)NCCC1CCC(=O)N1. The van der Waals surface area contributed by atoms with E-state index in [1.807, 2.05) is 13.0 Å². The Labute approximate surface area is 174 Å². The molecule has 3 atom stereocenters. The molecule has 9 heteroatoms. The van der Waals surface area contributed by atoms with Crippen LogP contribution in [0.1, 0.15) is 47.0 Å². The number of hydrogen-bond donors (Lipinski definition) is 2. The van der Waals surface area contributed by atoms with Gasteiger partial charge in [-0.15, -0.1) is 0 Å². The number of rotatable bonds is 6. The van der Waals surface area contributed by atoms with Crippen LogP contribution in [0, 0.1) is 0 Å². The maximum atomic E-state index is 13.1. The Kier molecular flexibility index (Phi) is 5.84. The molecule has 0 radical (unpaired) electrons. The van der Waals surface area contributed by atoms with Crippen LogP contribution in [0.4, 0.5) is 4.79 Å². The fraction of sp³-hybridized carbons (Fsp3) is 0.750. The lowest BCUT2D eigenvalue weighted by atomic mass is 10.00. The zero-order valence-corrected chi connectivity index (χ0v) is 19.4. The summed E-state index contributed by atoms with van der Waals surface area (Å²) in [7, 11) is -2.17. The van der Waals surface area contributed by atoms with Gasteiger partial charge in [-0.3, -0.25) is 9.59 Å². The second kappa shape index (κ2) is 7.75. The normalized spacial score (nSPS) is 27.2. The first-order chi connectivity index (χ1) is 13.4. The van der Waals surface area contributed by atoms with E-state index in [4.69, 9.17) is 4.53 Å². The summed E-state index contributed by atoms with van der Waals surface area (Å²) >= 11 is 0. The van der Waals surface area contributed by atoms with E-state index in [-0.39, 0.29) is 35.0 Å². The summed E-state index contributed by atoms with van der Waals surface area (Å²) in [5, 5.41) is 7.31. The van der Waals surface area contributed by atoms with Gasteiger partial charge in [-0.25, -0.2) is 9.86 Å². The largest absolute Gasteiger partial charge is 0.354 e. The number of amides is 4. The second-order valence-corrected chi connectivity index (χ2v) is 14.6. The van der Waals surface area contributed by atoms with Crippen molar-refractivity contribution >= 4 is 26.2 Å². The van der Waals surface area contributed by atoms with Crippen LogP contribution in [-0.4, -0.2) is 67.3 Å². The molecule has 2 bridgehead atoms. The van der Waals surface area contributed by atoms with Crippen LogP contribution in [0.2, 0.25) is 18.1 Å². The van der Waals surface area contributed by atoms with Gasteiger partial charge in [0.2, 0.25) is 20.1 Å². The van der Waals surface area contributed by atoms with Crippen LogP contribution in [0.5, 0.6) is 0 Å². The van der Waals surface area contributed by atoms with E-state index in [1.54, 1.807) is 4.90 Å². The van der Waals surface area contributed by atoms with Crippen molar-refractivity contribution in [2.45, 2.75) is 83.2 Å². The first kappa shape index (κ1) is 21.8. The summed E-state index contributed by atoms with van der Waals surface area (Å²) in [6.07, 6.45) is 4.04. The molecule has 162 valence electrons. The molecule has 0 aromatic carbocycles. The molecular weight excluding hydrogens is 388 g/mol. The third-order valence-corrected chi connectivity index (χ3v) is 10.8. The molecule has 2 N–H and O–H groups in total. The van der Waals surface area contributed by atoms with Crippen molar-refractivity contribution in [2.75, 3.05) is 13.1 Å². The highest BCUT2D eigenvalue weighted by atomic mass is 28.4. The Bertz CT molecular complexity index is 730. The minimum Gasteiger partial charge on any atom is -0.354 e. The number of fused-ring (bicyclic) bond motifs is 2. The fourth-order valence-corrected chi connectivity index (χ4v) is 4.78. The van der Waals surface area contributed by atoms with Crippen LogP contribution >= 0.6 is 0 Å². The fourth-order valence-electron chi connectivity index (χ4n) is 3.80. The molecule has 0 aromatic rings. The number of nitrogens with zero attached hydrogens (tertiary/aromatic N) is 2. The maximum absolute atomic E-state index is 13.1. The Hall–Kier alpha value is -1.87. The number of carbonyl (C=O) groups excluding carboxylic acids is 3. The monoisotopic (exact) mass is 422 g/mol. The lowest BCUT2D eigenvalue weighted by Gasteiger charge is -2.39. The molecule has 0 spiro atoms. The van der Waals surface area contributed by atoms with Gasteiger partial charge in [0, 0.05) is 19.0 Å². The van der Waals surface area contributed by atoms with E-state index in [0.29, 0.717) is 25.9 Å². The average molecular weight is 423 g/mol. The Morgan fingerprint density at radius 2 is 2.03 bits per heavy atom. The first-order valence-corrected chi connectivity index (χ1v) is 13.4. The number of urea groups is 1. The zero-order valence-electron chi connectivity index (χ0n) is 18.4. The second-order valence-electron chi connectivity index (χ2n) is 9.88. The highest BCUT2D eigenvalue weighted by Gasteiger charge is 2.50. The van der Waals surface area contributed by atoms with Crippen molar-refractivity contribution < 1.29 is 18.9 Å². The molecule has 0 aliphatic carbocycles. The number of hydroxylamine groups is 2. The predicted octanol–water partition coefficient (Wildman–Crippen LogP) is 2.14. The van der Waals surface area contributed by atoms with Crippen molar-refractivity contribution in [3.8, 4) is 0 Å². The van der Waals surface area contributed by atoms with E-state index < -0.39 is 14.4 Å². The van der Waals surface area contributed by atoms with Crippen LogP contribution in [-0.2, 0) is 14.1 Å². The summed E-state index contributed by atoms with van der Waals surface area (Å²) in [6.45, 7) is 13.5. The molecule has 3 aliphatic rings. The van der Waals surface area contributed by atoms with Crippen LogP contribution in [0.3, 0.4) is 0 Å². The lowest BCUT2D eigenvalue weighted by Crippen LogP contribution is -2.51. The van der Waals surface area contributed by atoms with E-state index >= 15 is 0 Å². The molecule has 3 heterocycles. The molecule has 4 amide bonds. The van der Waals surface area contributed by atoms with Crippen molar-refractivity contribution in [2.24, 2.45) is 0 Å². The third-order valence-electron chi connectivity index (χ3n) is 6.58. The van der Waals surface area contributed by atoms with Gasteiger partial charge < -0.3 is 20.1 Å². The minimum absolute atomic E-state index is 0.0233. The summed E-state index contributed by atoms with van der Waals surface area (Å²) in [4.78, 5) is 38.8. The van der Waals surface area contributed by atoms with Crippen molar-refractivity contribution in [1.82, 2.24) is 20.6 Å². The Balaban J connectivity index is 1.62. The molecule has 2 saturated heterocycles. The molecular formula is C20H34N4O4Si. The molecule has 0 aromatic heterocycles. The zero-order chi connectivity index (χ0) is 21.6. The maximum Gasteiger partial charge on any atom is 0.344 e. The van der Waals surface area contributed by atoms with Gasteiger partial charge in [0.25, 0.3) is 0 Å². The van der Waals surface area contributed by atoms with Crippen LogP contribution < -0.4 is 10.6 Å². The molecule has 3 rings (SSSR count). The minimum atomic E-state index is -2.17. The average Bonchev–Trinajstić information content (AvgIpc) is 3.11.